The molecular weight excluding hydrogens is 333 g/mol. The largest absolute Gasteiger partial charge is 0.416 e. The number of aromatic nitrogens is 2. The second-order valence-corrected chi connectivity index (χ2v) is 4.63. The van der Waals surface area contributed by atoms with E-state index in [0.29, 0.717) is 12.1 Å². The van der Waals surface area contributed by atoms with Gasteiger partial charge in [0.2, 0.25) is 0 Å². The topological polar surface area (TPSA) is 118 Å². The average Bonchev–Trinajstić information content (AvgIpc) is 2.52. The Hall–Kier alpha value is -3.24. The molecule has 1 aromatic heterocycles. The van der Waals surface area contributed by atoms with E-state index in [0.717, 1.165) is 18.2 Å². The van der Waals surface area contributed by atoms with E-state index in [1.54, 1.807) is 0 Å². The highest BCUT2D eigenvalue weighted by molar-refractivity contribution is 5.91. The lowest BCUT2D eigenvalue weighted by Gasteiger charge is -2.10. The number of hydrogen-bond acceptors (Lipinski definition) is 5. The van der Waals surface area contributed by atoms with Gasteiger partial charge in [0.1, 0.15) is 5.69 Å². The van der Waals surface area contributed by atoms with Gasteiger partial charge in [-0.1, -0.05) is 0 Å². The molecule has 0 aliphatic heterocycles. The molecule has 24 heavy (non-hydrogen) atoms. The van der Waals surface area contributed by atoms with Gasteiger partial charge in [-0.25, -0.2) is 5.10 Å². The van der Waals surface area contributed by atoms with Crippen LogP contribution in [0.4, 0.5) is 18.9 Å². The number of benzene rings is 1. The first-order valence-electron chi connectivity index (χ1n) is 6.36. The minimum Gasteiger partial charge on any atom is -0.347 e. The number of carbonyl (C=O) groups excluding carboxylic acids is 1. The molecule has 11 heteroatoms. The van der Waals surface area contributed by atoms with Gasteiger partial charge in [-0.3, -0.25) is 19.7 Å². The zero-order valence-corrected chi connectivity index (χ0v) is 11.8. The summed E-state index contributed by atoms with van der Waals surface area (Å²) in [7, 11) is 0. The van der Waals surface area contributed by atoms with Gasteiger partial charge >= 0.3 is 6.18 Å². The first kappa shape index (κ1) is 17.1. The molecule has 1 heterocycles. The van der Waals surface area contributed by atoms with Crippen LogP contribution in [0.5, 0.6) is 0 Å². The normalized spacial score (nSPS) is 11.1. The SMILES string of the molecule is O=C(NCc1cc([N+](=O)[O-])cc(C(F)(F)F)c1)c1ccc(=O)[nH]n1. The van der Waals surface area contributed by atoms with E-state index in [-0.39, 0.29) is 17.8 Å². The van der Waals surface area contributed by atoms with Crippen LogP contribution in [0.2, 0.25) is 0 Å². The monoisotopic (exact) mass is 342 g/mol. The standard InChI is InChI=1S/C13H9F3N4O4/c14-13(15,16)8-3-7(4-9(5-8)20(23)24)6-17-12(22)10-1-2-11(21)19-18-10/h1-5H,6H2,(H,17,22)(H,19,21). The van der Waals surface area contributed by atoms with Crippen molar-refractivity contribution in [1.29, 1.82) is 0 Å². The van der Waals surface area contributed by atoms with Crippen LogP contribution >= 0.6 is 0 Å². The maximum atomic E-state index is 12.8. The highest BCUT2D eigenvalue weighted by Crippen LogP contribution is 2.32. The highest BCUT2D eigenvalue weighted by Gasteiger charge is 2.32. The van der Waals surface area contributed by atoms with Crippen LogP contribution in [-0.4, -0.2) is 21.0 Å². The Morgan fingerprint density at radius 2 is 2.00 bits per heavy atom. The highest BCUT2D eigenvalue weighted by atomic mass is 19.4. The van der Waals surface area contributed by atoms with Gasteiger partial charge in [0, 0.05) is 24.7 Å². The van der Waals surface area contributed by atoms with E-state index in [1.165, 1.54) is 0 Å². The van der Waals surface area contributed by atoms with Gasteiger partial charge in [0.25, 0.3) is 17.2 Å². The molecule has 0 aliphatic carbocycles. The van der Waals surface area contributed by atoms with Crippen LogP contribution in [-0.2, 0) is 12.7 Å². The third kappa shape index (κ3) is 4.15. The van der Waals surface area contributed by atoms with E-state index >= 15 is 0 Å². The van der Waals surface area contributed by atoms with Gasteiger partial charge < -0.3 is 5.32 Å². The molecule has 0 unspecified atom stereocenters. The van der Waals surface area contributed by atoms with E-state index in [9.17, 15) is 32.9 Å². The Morgan fingerprint density at radius 3 is 2.54 bits per heavy atom. The lowest BCUT2D eigenvalue weighted by molar-refractivity contribution is -0.385. The summed E-state index contributed by atoms with van der Waals surface area (Å²) in [5, 5.41) is 18.5. The quantitative estimate of drug-likeness (QED) is 0.647. The van der Waals surface area contributed by atoms with Gasteiger partial charge in [0.15, 0.2) is 0 Å². The summed E-state index contributed by atoms with van der Waals surface area (Å²) >= 11 is 0. The zero-order chi connectivity index (χ0) is 17.9. The third-order valence-electron chi connectivity index (χ3n) is 2.88. The lowest BCUT2D eigenvalue weighted by atomic mass is 10.1. The molecule has 0 fully saturated rings. The number of rotatable bonds is 4. The first-order valence-corrected chi connectivity index (χ1v) is 6.36. The summed E-state index contributed by atoms with van der Waals surface area (Å²) in [5.74, 6) is -0.758. The molecule has 0 bridgehead atoms. The molecule has 2 N–H and O–H groups in total. The molecule has 126 valence electrons. The third-order valence-corrected chi connectivity index (χ3v) is 2.88. The fraction of sp³-hybridized carbons (Fsp3) is 0.154. The van der Waals surface area contributed by atoms with Crippen molar-refractivity contribution in [3.05, 3.63) is 67.6 Å². The minimum absolute atomic E-state index is 0.103. The fourth-order valence-electron chi connectivity index (χ4n) is 1.79. The Labute approximate surface area is 131 Å². The number of nitro benzene ring substituents is 1. The molecule has 0 saturated carbocycles. The number of hydrogen-bond donors (Lipinski definition) is 2. The maximum Gasteiger partial charge on any atom is 0.416 e. The number of halogens is 3. The van der Waals surface area contributed by atoms with Crippen LogP contribution in [0.1, 0.15) is 21.6 Å². The average molecular weight is 342 g/mol. The van der Waals surface area contributed by atoms with Gasteiger partial charge in [-0.05, 0) is 17.7 Å². The van der Waals surface area contributed by atoms with Crippen molar-refractivity contribution in [3.8, 4) is 0 Å². The van der Waals surface area contributed by atoms with Crippen molar-refractivity contribution in [1.82, 2.24) is 15.5 Å². The number of aromatic amines is 1. The molecule has 1 amide bonds. The minimum atomic E-state index is -4.76. The maximum absolute atomic E-state index is 12.8. The molecule has 0 saturated heterocycles. The molecule has 0 radical (unpaired) electrons. The van der Waals surface area contributed by atoms with Crippen molar-refractivity contribution < 1.29 is 22.9 Å². The summed E-state index contributed by atoms with van der Waals surface area (Å²) in [5.41, 5.74) is -2.72. The van der Waals surface area contributed by atoms with Crippen LogP contribution in [0, 0.1) is 10.1 Å². The van der Waals surface area contributed by atoms with Gasteiger partial charge in [0.05, 0.1) is 10.5 Å². The predicted octanol–water partition coefficient (Wildman–Crippen LogP) is 1.63. The Morgan fingerprint density at radius 1 is 1.29 bits per heavy atom. The molecule has 2 rings (SSSR count). The summed E-state index contributed by atoms with van der Waals surface area (Å²) in [6.45, 7) is -0.385. The van der Waals surface area contributed by atoms with Gasteiger partial charge in [-0.15, -0.1) is 0 Å². The zero-order valence-electron chi connectivity index (χ0n) is 11.8. The number of non-ortho nitro benzene ring substituents is 1. The smallest absolute Gasteiger partial charge is 0.347 e. The Bertz CT molecular complexity index is 827. The Kier molecular flexibility index (Phi) is 4.62. The van der Waals surface area contributed by atoms with Crippen LogP contribution in [0.15, 0.2) is 35.1 Å². The van der Waals surface area contributed by atoms with E-state index in [4.69, 9.17) is 0 Å². The molecule has 0 atom stereocenters. The number of alkyl halides is 3. The number of nitrogens with one attached hydrogen (secondary N) is 2. The van der Waals surface area contributed by atoms with Crippen molar-refractivity contribution >= 4 is 11.6 Å². The first-order chi connectivity index (χ1) is 11.2. The van der Waals surface area contributed by atoms with E-state index in [1.807, 2.05) is 5.10 Å². The van der Waals surface area contributed by atoms with E-state index in [2.05, 4.69) is 10.4 Å². The fourth-order valence-corrected chi connectivity index (χ4v) is 1.79. The molecule has 0 aliphatic rings. The van der Waals surface area contributed by atoms with Crippen LogP contribution < -0.4 is 10.9 Å². The van der Waals surface area contributed by atoms with Crippen molar-refractivity contribution in [2.45, 2.75) is 12.7 Å². The van der Waals surface area contributed by atoms with Crippen molar-refractivity contribution in [2.75, 3.05) is 0 Å². The summed E-state index contributed by atoms with van der Waals surface area (Å²) in [6, 6.07) is 4.22. The van der Waals surface area contributed by atoms with Crippen LogP contribution in [0.25, 0.3) is 0 Å². The molecule has 8 nitrogen and oxygen atoms in total. The van der Waals surface area contributed by atoms with Crippen molar-refractivity contribution in [2.24, 2.45) is 0 Å². The summed E-state index contributed by atoms with van der Waals surface area (Å²) < 4.78 is 38.3. The number of amides is 1. The summed E-state index contributed by atoms with van der Waals surface area (Å²) in [4.78, 5) is 32.4. The van der Waals surface area contributed by atoms with Crippen molar-refractivity contribution in [3.63, 3.8) is 0 Å². The van der Waals surface area contributed by atoms with E-state index < -0.39 is 33.8 Å². The lowest BCUT2D eigenvalue weighted by Crippen LogP contribution is -2.25. The molecule has 1 aromatic carbocycles. The molecule has 2 aromatic rings. The second kappa shape index (κ2) is 6.48. The number of nitro groups is 1. The predicted molar refractivity (Wildman–Crippen MR) is 74.1 cm³/mol. The van der Waals surface area contributed by atoms with Crippen LogP contribution in [0.3, 0.4) is 0 Å². The number of carbonyl (C=O) groups is 1. The summed E-state index contributed by atoms with van der Waals surface area (Å²) in [6.07, 6.45) is -4.76. The molecule has 0 spiro atoms. The molecular formula is C13H9F3N4O4. The number of nitrogens with zero attached hydrogens (tertiary/aromatic N) is 2. The Balaban J connectivity index is 2.21. The van der Waals surface area contributed by atoms with Gasteiger partial charge in [-0.2, -0.15) is 18.3 Å². The second-order valence-electron chi connectivity index (χ2n) is 4.63. The number of H-pyrrole nitrogens is 1.